The minimum Gasteiger partial charge on any atom is -0.449 e. The Labute approximate surface area is 146 Å². The second-order valence-electron chi connectivity index (χ2n) is 6.06. The fourth-order valence-corrected chi connectivity index (χ4v) is 4.18. The van der Waals surface area contributed by atoms with Crippen LogP contribution in [-0.2, 0) is 24.3 Å². The number of amides is 1. The van der Waals surface area contributed by atoms with Gasteiger partial charge in [-0.2, -0.15) is 4.31 Å². The number of carbonyl (C=O) groups excluding carboxylic acids is 2. The number of rotatable bonds is 5. The summed E-state index contributed by atoms with van der Waals surface area (Å²) in [6, 6.07) is 5.51. The molecule has 0 unspecified atom stereocenters. The minimum atomic E-state index is -3.77. The summed E-state index contributed by atoms with van der Waals surface area (Å²) in [6.45, 7) is 5.42. The van der Waals surface area contributed by atoms with Gasteiger partial charge in [-0.25, -0.2) is 13.2 Å². The molecule has 1 fully saturated rings. The van der Waals surface area contributed by atoms with Crippen molar-refractivity contribution >= 4 is 21.9 Å². The van der Waals surface area contributed by atoms with Gasteiger partial charge in [0, 0.05) is 13.1 Å². The number of morpholine rings is 1. The first-order valence-electron chi connectivity index (χ1n) is 7.87. The van der Waals surface area contributed by atoms with Crippen molar-refractivity contribution in [3.8, 4) is 0 Å². The molecule has 0 saturated carbocycles. The molecule has 1 aliphatic heterocycles. The molecule has 1 heterocycles. The number of hydrogen-bond donors (Lipinski definition) is 1. The molecule has 0 bridgehead atoms. The van der Waals surface area contributed by atoms with Gasteiger partial charge in [0.25, 0.3) is 5.91 Å². The van der Waals surface area contributed by atoms with Crippen molar-refractivity contribution in [2.45, 2.75) is 44.0 Å². The zero-order valence-corrected chi connectivity index (χ0v) is 15.2. The van der Waals surface area contributed by atoms with Crippen molar-refractivity contribution in [1.29, 1.82) is 0 Å². The van der Waals surface area contributed by atoms with Gasteiger partial charge in [0.2, 0.25) is 10.0 Å². The lowest BCUT2D eigenvalue weighted by atomic mass is 10.2. The summed E-state index contributed by atoms with van der Waals surface area (Å²) in [5, 5.41) is 0. The Bertz CT molecular complexity index is 754. The molecule has 0 radical (unpaired) electrons. The minimum absolute atomic E-state index is 0.0185. The average molecular weight is 370 g/mol. The molecule has 1 saturated heterocycles. The topological polar surface area (TPSA) is 116 Å². The lowest BCUT2D eigenvalue weighted by Gasteiger charge is -2.34. The Morgan fingerprint density at radius 3 is 2.44 bits per heavy atom. The molecule has 1 aromatic rings. The van der Waals surface area contributed by atoms with Gasteiger partial charge >= 0.3 is 5.97 Å². The molecule has 9 heteroatoms. The number of benzene rings is 1. The molecule has 1 amide bonds. The van der Waals surface area contributed by atoms with E-state index >= 15 is 0 Å². The molecular weight excluding hydrogens is 348 g/mol. The van der Waals surface area contributed by atoms with E-state index in [1.54, 1.807) is 13.8 Å². The molecule has 3 atom stereocenters. The highest BCUT2D eigenvalue weighted by atomic mass is 32.2. The number of nitrogens with zero attached hydrogens (tertiary/aromatic N) is 1. The van der Waals surface area contributed by atoms with E-state index in [1.165, 1.54) is 35.5 Å². The fourth-order valence-electron chi connectivity index (χ4n) is 2.55. The molecule has 2 rings (SSSR count). The van der Waals surface area contributed by atoms with Crippen LogP contribution in [0.5, 0.6) is 0 Å². The first-order chi connectivity index (χ1) is 11.6. The SMILES string of the molecule is C[C@@H]1CN(S(=O)(=O)c2cccc(C(=O)O[C@@H](C)C(N)=O)c2)C[C@H](C)O1. The molecular formula is C16H22N2O6S. The molecule has 0 aromatic heterocycles. The van der Waals surface area contributed by atoms with Crippen molar-refractivity contribution < 1.29 is 27.5 Å². The van der Waals surface area contributed by atoms with Crippen LogP contribution in [0.3, 0.4) is 0 Å². The third-order valence-electron chi connectivity index (χ3n) is 3.78. The van der Waals surface area contributed by atoms with E-state index < -0.39 is 28.0 Å². The number of carbonyl (C=O) groups is 2. The molecule has 2 N–H and O–H groups in total. The van der Waals surface area contributed by atoms with E-state index in [9.17, 15) is 18.0 Å². The van der Waals surface area contributed by atoms with E-state index in [4.69, 9.17) is 15.2 Å². The van der Waals surface area contributed by atoms with Crippen LogP contribution < -0.4 is 5.73 Å². The molecule has 1 aliphatic rings. The van der Waals surface area contributed by atoms with Crippen molar-refractivity contribution in [2.24, 2.45) is 5.73 Å². The van der Waals surface area contributed by atoms with Gasteiger partial charge in [0.05, 0.1) is 22.7 Å². The zero-order chi connectivity index (χ0) is 18.8. The predicted octanol–water partition coefficient (Wildman–Crippen LogP) is 0.515. The third kappa shape index (κ3) is 4.56. The highest BCUT2D eigenvalue weighted by Crippen LogP contribution is 2.22. The molecule has 25 heavy (non-hydrogen) atoms. The third-order valence-corrected chi connectivity index (χ3v) is 5.61. The Morgan fingerprint density at radius 1 is 1.28 bits per heavy atom. The maximum atomic E-state index is 12.8. The Morgan fingerprint density at radius 2 is 1.88 bits per heavy atom. The maximum Gasteiger partial charge on any atom is 0.338 e. The smallest absolute Gasteiger partial charge is 0.338 e. The summed E-state index contributed by atoms with van der Waals surface area (Å²) in [7, 11) is -3.77. The number of primary amides is 1. The van der Waals surface area contributed by atoms with Crippen LogP contribution in [0.1, 0.15) is 31.1 Å². The summed E-state index contributed by atoms with van der Waals surface area (Å²) in [4.78, 5) is 23.0. The van der Waals surface area contributed by atoms with E-state index in [0.717, 1.165) is 0 Å². The van der Waals surface area contributed by atoms with Gasteiger partial charge in [-0.05, 0) is 39.0 Å². The van der Waals surface area contributed by atoms with E-state index in [1.807, 2.05) is 0 Å². The van der Waals surface area contributed by atoms with Crippen LogP contribution in [0, 0.1) is 0 Å². The molecule has 1 aromatic carbocycles. The van der Waals surface area contributed by atoms with E-state index in [2.05, 4.69) is 0 Å². The molecule has 8 nitrogen and oxygen atoms in total. The Balaban J connectivity index is 2.25. The quantitative estimate of drug-likeness (QED) is 0.755. The monoisotopic (exact) mass is 370 g/mol. The summed E-state index contributed by atoms with van der Waals surface area (Å²) < 4.78 is 37.4. The van der Waals surface area contributed by atoms with Crippen molar-refractivity contribution in [3.05, 3.63) is 29.8 Å². The van der Waals surface area contributed by atoms with Crippen LogP contribution in [0.25, 0.3) is 0 Å². The van der Waals surface area contributed by atoms with Crippen LogP contribution in [-0.4, -0.2) is 56.0 Å². The van der Waals surface area contributed by atoms with Gasteiger partial charge in [-0.3, -0.25) is 4.79 Å². The van der Waals surface area contributed by atoms with Crippen LogP contribution in [0.15, 0.2) is 29.2 Å². The number of nitrogens with two attached hydrogens (primary N) is 1. The molecule has 0 spiro atoms. The highest BCUT2D eigenvalue weighted by Gasteiger charge is 2.32. The lowest BCUT2D eigenvalue weighted by Crippen LogP contribution is -2.48. The number of sulfonamides is 1. The second-order valence-corrected chi connectivity index (χ2v) is 8.00. The van der Waals surface area contributed by atoms with Gasteiger partial charge in [-0.15, -0.1) is 0 Å². The van der Waals surface area contributed by atoms with E-state index in [-0.39, 0.29) is 35.8 Å². The van der Waals surface area contributed by atoms with Crippen LogP contribution in [0.2, 0.25) is 0 Å². The predicted molar refractivity (Wildman–Crippen MR) is 89.3 cm³/mol. The van der Waals surface area contributed by atoms with Gasteiger partial charge in [0.1, 0.15) is 0 Å². The van der Waals surface area contributed by atoms with Crippen molar-refractivity contribution in [3.63, 3.8) is 0 Å². The van der Waals surface area contributed by atoms with Gasteiger partial charge < -0.3 is 15.2 Å². The Hall–Kier alpha value is -1.97. The first kappa shape index (κ1) is 19.4. The van der Waals surface area contributed by atoms with E-state index in [0.29, 0.717) is 0 Å². The maximum absolute atomic E-state index is 12.8. The number of esters is 1. The summed E-state index contributed by atoms with van der Waals surface area (Å²) in [5.74, 6) is -1.60. The first-order valence-corrected chi connectivity index (χ1v) is 9.31. The summed E-state index contributed by atoms with van der Waals surface area (Å²) in [5.41, 5.74) is 5.09. The number of hydrogen-bond acceptors (Lipinski definition) is 6. The standard InChI is InChI=1S/C16H22N2O6S/c1-10-8-18(9-11(2)23-10)25(21,22)14-6-4-5-13(7-14)16(20)24-12(3)15(17)19/h4-7,10-12H,8-9H2,1-3H3,(H2,17,19)/t10-,11+,12-/m0/s1. The van der Waals surface area contributed by atoms with Crippen molar-refractivity contribution in [2.75, 3.05) is 13.1 Å². The molecule has 0 aliphatic carbocycles. The largest absolute Gasteiger partial charge is 0.449 e. The summed E-state index contributed by atoms with van der Waals surface area (Å²) >= 11 is 0. The normalized spacial score (nSPS) is 23.0. The van der Waals surface area contributed by atoms with Crippen LogP contribution in [0.4, 0.5) is 0 Å². The zero-order valence-electron chi connectivity index (χ0n) is 14.3. The molecule has 138 valence electrons. The average Bonchev–Trinajstić information content (AvgIpc) is 2.53. The highest BCUT2D eigenvalue weighted by molar-refractivity contribution is 7.89. The van der Waals surface area contributed by atoms with Gasteiger partial charge in [0.15, 0.2) is 6.10 Å². The van der Waals surface area contributed by atoms with Gasteiger partial charge in [-0.1, -0.05) is 6.07 Å². The lowest BCUT2D eigenvalue weighted by molar-refractivity contribution is -0.125. The number of ether oxygens (including phenoxy) is 2. The van der Waals surface area contributed by atoms with Crippen LogP contribution >= 0.6 is 0 Å². The van der Waals surface area contributed by atoms with Crippen molar-refractivity contribution in [1.82, 2.24) is 4.31 Å². The Kier molecular flexibility index (Phi) is 5.81. The fraction of sp³-hybridized carbons (Fsp3) is 0.500. The second kappa shape index (κ2) is 7.51. The summed E-state index contributed by atoms with van der Waals surface area (Å²) in [6.07, 6.45) is -1.54.